The number of aromatic nitrogens is 2. The van der Waals surface area contributed by atoms with Crippen LogP contribution >= 0.6 is 23.4 Å². The van der Waals surface area contributed by atoms with Crippen LogP contribution in [0.25, 0.3) is 11.4 Å². The third-order valence-corrected chi connectivity index (χ3v) is 6.36. The monoisotopic (exact) mass is 467 g/mol. The first kappa shape index (κ1) is 21.7. The second-order valence-electron chi connectivity index (χ2n) is 7.12. The molecule has 1 aliphatic rings. The molecule has 1 saturated heterocycles. The molecular formula is C21H17ClF3N3O2S. The maximum absolute atomic E-state index is 12.6. The van der Waals surface area contributed by atoms with Crippen molar-refractivity contribution in [3.8, 4) is 11.4 Å². The summed E-state index contributed by atoms with van der Waals surface area (Å²) in [7, 11) is 0. The molecule has 0 saturated carbocycles. The lowest BCUT2D eigenvalue weighted by Crippen LogP contribution is -2.30. The van der Waals surface area contributed by atoms with Gasteiger partial charge in [-0.3, -0.25) is 4.79 Å². The Kier molecular flexibility index (Phi) is 6.24. The van der Waals surface area contributed by atoms with Gasteiger partial charge in [-0.25, -0.2) is 0 Å². The van der Waals surface area contributed by atoms with E-state index in [9.17, 15) is 18.0 Å². The Bertz CT molecular complexity index is 1050. The molecule has 0 N–H and O–H groups in total. The number of thioether (sulfide) groups is 1. The van der Waals surface area contributed by atoms with Crippen LogP contribution in [-0.4, -0.2) is 39.3 Å². The predicted molar refractivity (Wildman–Crippen MR) is 111 cm³/mol. The van der Waals surface area contributed by atoms with Crippen molar-refractivity contribution in [3.05, 3.63) is 65.0 Å². The summed E-state index contributed by atoms with van der Waals surface area (Å²) >= 11 is 7.52. The summed E-state index contributed by atoms with van der Waals surface area (Å²) in [5, 5.41) is 4.28. The zero-order valence-electron chi connectivity index (χ0n) is 16.1. The minimum atomic E-state index is -4.67. The summed E-state index contributed by atoms with van der Waals surface area (Å²) in [4.78, 5) is 18.8. The summed E-state index contributed by atoms with van der Waals surface area (Å²) < 4.78 is 42.1. The molecule has 0 bridgehead atoms. The highest BCUT2D eigenvalue weighted by Gasteiger charge is 2.38. The number of rotatable bonds is 5. The quantitative estimate of drug-likeness (QED) is 0.506. The van der Waals surface area contributed by atoms with Gasteiger partial charge in [-0.2, -0.15) is 18.2 Å². The Morgan fingerprint density at radius 2 is 1.87 bits per heavy atom. The lowest BCUT2D eigenvalue weighted by atomic mass is 10.1. The number of alkyl halides is 3. The first-order chi connectivity index (χ1) is 14.8. The third-order valence-electron chi connectivity index (χ3n) is 4.85. The van der Waals surface area contributed by atoms with E-state index in [1.54, 1.807) is 36.0 Å². The van der Waals surface area contributed by atoms with Crippen molar-refractivity contribution in [2.24, 2.45) is 0 Å². The minimum Gasteiger partial charge on any atom is -0.341 e. The Hall–Kier alpha value is -2.52. The zero-order valence-corrected chi connectivity index (χ0v) is 17.7. The van der Waals surface area contributed by atoms with Crippen molar-refractivity contribution in [3.63, 3.8) is 0 Å². The average molecular weight is 468 g/mol. The number of hydrogen-bond donors (Lipinski definition) is 0. The van der Waals surface area contributed by atoms with Crippen LogP contribution in [0.15, 0.2) is 57.9 Å². The van der Waals surface area contributed by atoms with Gasteiger partial charge in [-0.15, -0.1) is 11.8 Å². The van der Waals surface area contributed by atoms with Gasteiger partial charge in [-0.05, 0) is 48.4 Å². The molecule has 10 heteroatoms. The second-order valence-corrected chi connectivity index (χ2v) is 8.93. The van der Waals surface area contributed by atoms with E-state index in [0.717, 1.165) is 16.9 Å². The van der Waals surface area contributed by atoms with Crippen molar-refractivity contribution in [1.82, 2.24) is 15.0 Å². The van der Waals surface area contributed by atoms with E-state index in [0.29, 0.717) is 30.1 Å². The number of likely N-dealkylation sites (tertiary alicyclic amines) is 1. The number of carbonyl (C=O) groups excluding carboxylic acids is 1. The maximum Gasteiger partial charge on any atom is 0.471 e. The summed E-state index contributed by atoms with van der Waals surface area (Å²) in [6, 6.07) is 14.2. The van der Waals surface area contributed by atoms with Gasteiger partial charge in [0.2, 0.25) is 11.7 Å². The van der Waals surface area contributed by atoms with E-state index in [4.69, 9.17) is 11.6 Å². The number of nitrogens with zero attached hydrogens (tertiary/aromatic N) is 3. The molecule has 5 nitrogen and oxygen atoms in total. The number of amides is 1. The van der Waals surface area contributed by atoms with Crippen LogP contribution in [0.3, 0.4) is 0 Å². The topological polar surface area (TPSA) is 59.2 Å². The maximum atomic E-state index is 12.6. The second kappa shape index (κ2) is 8.92. The van der Waals surface area contributed by atoms with Gasteiger partial charge >= 0.3 is 12.1 Å². The van der Waals surface area contributed by atoms with Gasteiger partial charge in [0.1, 0.15) is 0 Å². The van der Waals surface area contributed by atoms with Gasteiger partial charge in [0.25, 0.3) is 0 Å². The molecule has 3 aromatic rings. The molecule has 0 aliphatic carbocycles. The Morgan fingerprint density at radius 1 is 1.16 bits per heavy atom. The zero-order chi connectivity index (χ0) is 22.0. The highest BCUT2D eigenvalue weighted by atomic mass is 35.5. The summed E-state index contributed by atoms with van der Waals surface area (Å²) in [5.74, 6) is -1.39. The van der Waals surface area contributed by atoms with Gasteiger partial charge in [0.15, 0.2) is 0 Å². The highest BCUT2D eigenvalue weighted by molar-refractivity contribution is 8.00. The first-order valence-corrected chi connectivity index (χ1v) is 10.7. The van der Waals surface area contributed by atoms with E-state index in [2.05, 4.69) is 14.7 Å². The molecule has 1 unspecified atom stereocenters. The van der Waals surface area contributed by atoms with Crippen LogP contribution in [0.2, 0.25) is 5.02 Å². The first-order valence-electron chi connectivity index (χ1n) is 9.48. The summed E-state index contributed by atoms with van der Waals surface area (Å²) in [6.45, 7) is 1.35. The smallest absolute Gasteiger partial charge is 0.341 e. The SMILES string of the molecule is O=C(Cc1ccc(Cl)cc1)N1CCC(Sc2ccc(-c3noc(C(F)(F)F)n3)cc2)C1. The Balaban J connectivity index is 1.32. The molecule has 1 amide bonds. The van der Waals surface area contributed by atoms with Crippen molar-refractivity contribution in [1.29, 1.82) is 0 Å². The number of halogens is 4. The van der Waals surface area contributed by atoms with Crippen LogP contribution < -0.4 is 0 Å². The van der Waals surface area contributed by atoms with E-state index in [1.807, 2.05) is 29.2 Å². The summed E-state index contributed by atoms with van der Waals surface area (Å²) in [6.07, 6.45) is -3.45. The van der Waals surface area contributed by atoms with E-state index < -0.39 is 12.1 Å². The minimum absolute atomic E-state index is 0.0818. The lowest BCUT2D eigenvalue weighted by molar-refractivity contribution is -0.159. The fourth-order valence-electron chi connectivity index (χ4n) is 3.27. The molecule has 0 spiro atoms. The van der Waals surface area contributed by atoms with Crippen LogP contribution in [-0.2, 0) is 17.4 Å². The number of benzene rings is 2. The van der Waals surface area contributed by atoms with Crippen LogP contribution in [0.5, 0.6) is 0 Å². The van der Waals surface area contributed by atoms with Crippen molar-refractivity contribution in [2.75, 3.05) is 13.1 Å². The third kappa shape index (κ3) is 5.40. The van der Waals surface area contributed by atoms with Gasteiger partial charge < -0.3 is 9.42 Å². The van der Waals surface area contributed by atoms with Crippen LogP contribution in [0.1, 0.15) is 17.9 Å². The molecule has 2 heterocycles. The standard InChI is InChI=1S/C21H17ClF3N3O2S/c22-15-5-1-13(2-6-15)11-18(29)28-10-9-17(12-28)31-16-7-3-14(4-8-16)19-26-20(30-27-19)21(23,24)25/h1-8,17H,9-12H2. The lowest BCUT2D eigenvalue weighted by Gasteiger charge is -2.16. The van der Waals surface area contributed by atoms with Crippen LogP contribution in [0, 0.1) is 0 Å². The molecule has 31 heavy (non-hydrogen) atoms. The molecule has 2 aromatic carbocycles. The highest BCUT2D eigenvalue weighted by Crippen LogP contribution is 2.32. The number of hydrogen-bond acceptors (Lipinski definition) is 5. The molecule has 162 valence electrons. The fraction of sp³-hybridized carbons (Fsp3) is 0.286. The molecule has 1 fully saturated rings. The molecule has 1 atom stereocenters. The van der Waals surface area contributed by atoms with Gasteiger partial charge in [0.05, 0.1) is 6.42 Å². The van der Waals surface area contributed by atoms with Crippen LogP contribution in [0.4, 0.5) is 13.2 Å². The average Bonchev–Trinajstić information content (AvgIpc) is 3.40. The predicted octanol–water partition coefficient (Wildman–Crippen LogP) is 5.34. The van der Waals surface area contributed by atoms with E-state index in [1.165, 1.54) is 0 Å². The Morgan fingerprint density at radius 3 is 2.52 bits per heavy atom. The van der Waals surface area contributed by atoms with Gasteiger partial charge in [-0.1, -0.05) is 28.9 Å². The normalized spacial score (nSPS) is 16.6. The summed E-state index contributed by atoms with van der Waals surface area (Å²) in [5.41, 5.74) is 1.37. The van der Waals surface area contributed by atoms with Crippen molar-refractivity contribution in [2.45, 2.75) is 29.2 Å². The Labute approximate surface area is 185 Å². The fourth-order valence-corrected chi connectivity index (χ4v) is 4.55. The molecule has 1 aliphatic heterocycles. The largest absolute Gasteiger partial charge is 0.471 e. The van der Waals surface area contributed by atoms with E-state index in [-0.39, 0.29) is 17.0 Å². The number of carbonyl (C=O) groups is 1. The molecule has 1 aromatic heterocycles. The molecule has 4 rings (SSSR count). The van der Waals surface area contributed by atoms with Crippen molar-refractivity contribution < 1.29 is 22.5 Å². The molecule has 0 radical (unpaired) electrons. The van der Waals surface area contributed by atoms with Crippen molar-refractivity contribution >= 4 is 29.3 Å². The van der Waals surface area contributed by atoms with Gasteiger partial charge in [0, 0.05) is 33.8 Å². The van der Waals surface area contributed by atoms with E-state index >= 15 is 0 Å². The molecular weight excluding hydrogens is 451 g/mol.